The van der Waals surface area contributed by atoms with E-state index in [9.17, 15) is 9.59 Å². The standard InChI is InChI=1S/C27H36O4S/c1-4-6-7-8-9-10-11-20-32-25-18-16-23(17-19-25)22-12-14-24(15-13-22)27(29)31-21(3)26(28)30-5-2/h12-19,21H,4-11,20H2,1-3H3/t21-/m0/s1. The summed E-state index contributed by atoms with van der Waals surface area (Å²) in [6.45, 7) is 5.74. The Morgan fingerprint density at radius 3 is 1.97 bits per heavy atom. The number of ether oxygens (including phenoxy) is 2. The van der Waals surface area contributed by atoms with Crippen molar-refractivity contribution < 1.29 is 19.1 Å². The van der Waals surface area contributed by atoms with E-state index < -0.39 is 18.0 Å². The molecule has 0 amide bonds. The quantitative estimate of drug-likeness (QED) is 0.169. The van der Waals surface area contributed by atoms with E-state index in [1.807, 2.05) is 23.9 Å². The smallest absolute Gasteiger partial charge is 0.347 e. The lowest BCUT2D eigenvalue weighted by Gasteiger charge is -2.12. The lowest BCUT2D eigenvalue weighted by molar-refractivity contribution is -0.152. The van der Waals surface area contributed by atoms with Gasteiger partial charge in [0.2, 0.25) is 0 Å². The first-order chi connectivity index (χ1) is 15.5. The first-order valence-corrected chi connectivity index (χ1v) is 12.7. The van der Waals surface area contributed by atoms with Crippen molar-refractivity contribution in [3.8, 4) is 11.1 Å². The minimum Gasteiger partial charge on any atom is -0.463 e. The minimum atomic E-state index is -0.923. The van der Waals surface area contributed by atoms with E-state index in [2.05, 4.69) is 31.2 Å². The summed E-state index contributed by atoms with van der Waals surface area (Å²) in [6.07, 6.45) is 8.43. The Morgan fingerprint density at radius 2 is 1.38 bits per heavy atom. The highest BCUT2D eigenvalue weighted by Crippen LogP contribution is 2.25. The summed E-state index contributed by atoms with van der Waals surface area (Å²) < 4.78 is 10.0. The van der Waals surface area contributed by atoms with Gasteiger partial charge >= 0.3 is 11.9 Å². The number of rotatable bonds is 14. The van der Waals surface area contributed by atoms with Crippen molar-refractivity contribution in [2.24, 2.45) is 0 Å². The summed E-state index contributed by atoms with van der Waals surface area (Å²) in [5, 5.41) is 0. The highest BCUT2D eigenvalue weighted by Gasteiger charge is 2.19. The second kappa shape index (κ2) is 14.7. The van der Waals surface area contributed by atoms with Crippen LogP contribution in [0.1, 0.15) is 76.1 Å². The Kier molecular flexibility index (Phi) is 12.0. The van der Waals surface area contributed by atoms with Crippen LogP contribution in [-0.4, -0.2) is 30.4 Å². The van der Waals surface area contributed by atoms with Crippen LogP contribution in [0.2, 0.25) is 0 Å². The fourth-order valence-corrected chi connectivity index (χ4v) is 4.24. The Labute approximate surface area is 197 Å². The van der Waals surface area contributed by atoms with Gasteiger partial charge in [0.05, 0.1) is 12.2 Å². The molecular weight excluding hydrogens is 420 g/mol. The number of thioether (sulfide) groups is 1. The Morgan fingerprint density at radius 1 is 0.812 bits per heavy atom. The van der Waals surface area contributed by atoms with Crippen LogP contribution in [0.3, 0.4) is 0 Å². The van der Waals surface area contributed by atoms with Crippen LogP contribution in [0.15, 0.2) is 53.4 Å². The fraction of sp³-hybridized carbons (Fsp3) is 0.481. The van der Waals surface area contributed by atoms with Gasteiger partial charge in [-0.2, -0.15) is 0 Å². The average molecular weight is 457 g/mol. The van der Waals surface area contributed by atoms with Gasteiger partial charge in [-0.1, -0.05) is 69.7 Å². The Hall–Kier alpha value is -2.27. The van der Waals surface area contributed by atoms with Crippen molar-refractivity contribution in [3.05, 3.63) is 54.1 Å². The molecule has 174 valence electrons. The van der Waals surface area contributed by atoms with Crippen LogP contribution >= 0.6 is 11.8 Å². The number of hydrogen-bond acceptors (Lipinski definition) is 5. The molecule has 0 aliphatic carbocycles. The second-order valence-corrected chi connectivity index (χ2v) is 9.04. The molecule has 0 bridgehead atoms. The van der Waals surface area contributed by atoms with Gasteiger partial charge in [-0.3, -0.25) is 0 Å². The number of carbonyl (C=O) groups is 2. The third kappa shape index (κ3) is 9.07. The molecule has 0 N–H and O–H groups in total. The molecule has 0 radical (unpaired) electrons. The summed E-state index contributed by atoms with van der Waals surface area (Å²) in [5.74, 6) is 0.0883. The van der Waals surface area contributed by atoms with Gasteiger partial charge in [0.1, 0.15) is 0 Å². The Balaban J connectivity index is 1.79. The third-order valence-electron chi connectivity index (χ3n) is 5.23. The third-order valence-corrected chi connectivity index (χ3v) is 6.33. The number of unbranched alkanes of at least 4 members (excludes halogenated alkanes) is 6. The lowest BCUT2D eigenvalue weighted by atomic mass is 10.0. The molecule has 2 aromatic rings. The molecular formula is C27H36O4S. The van der Waals surface area contributed by atoms with E-state index in [1.54, 1.807) is 19.1 Å². The zero-order valence-electron chi connectivity index (χ0n) is 19.6. The number of benzene rings is 2. The predicted octanol–water partition coefficient (Wildman–Crippen LogP) is 7.30. The molecule has 0 heterocycles. The van der Waals surface area contributed by atoms with Crippen molar-refractivity contribution in [1.82, 2.24) is 0 Å². The van der Waals surface area contributed by atoms with Gasteiger partial charge in [-0.15, -0.1) is 11.8 Å². The van der Waals surface area contributed by atoms with Crippen LogP contribution in [0.5, 0.6) is 0 Å². The van der Waals surface area contributed by atoms with Crippen LogP contribution in [0.4, 0.5) is 0 Å². The maximum atomic E-state index is 12.2. The molecule has 0 aromatic heterocycles. The zero-order valence-corrected chi connectivity index (χ0v) is 20.4. The molecule has 0 aliphatic rings. The first kappa shape index (κ1) is 26.0. The summed E-state index contributed by atoms with van der Waals surface area (Å²) in [7, 11) is 0. The first-order valence-electron chi connectivity index (χ1n) is 11.8. The average Bonchev–Trinajstić information content (AvgIpc) is 2.81. The molecule has 5 heteroatoms. The van der Waals surface area contributed by atoms with Crippen LogP contribution in [0, 0.1) is 0 Å². The van der Waals surface area contributed by atoms with Crippen molar-refractivity contribution >= 4 is 23.7 Å². The fourth-order valence-electron chi connectivity index (χ4n) is 3.33. The van der Waals surface area contributed by atoms with E-state index >= 15 is 0 Å². The van der Waals surface area contributed by atoms with Crippen LogP contribution in [0.25, 0.3) is 11.1 Å². The molecule has 0 fully saturated rings. The van der Waals surface area contributed by atoms with E-state index in [1.165, 1.54) is 56.8 Å². The summed E-state index contributed by atoms with van der Waals surface area (Å²) >= 11 is 1.91. The number of carbonyl (C=O) groups excluding carboxylic acids is 2. The zero-order chi connectivity index (χ0) is 23.2. The molecule has 0 aliphatic heterocycles. The van der Waals surface area contributed by atoms with E-state index in [0.29, 0.717) is 5.56 Å². The maximum Gasteiger partial charge on any atom is 0.347 e. The van der Waals surface area contributed by atoms with Crippen LogP contribution < -0.4 is 0 Å². The summed E-state index contributed by atoms with van der Waals surface area (Å²) in [6, 6.07) is 15.8. The van der Waals surface area contributed by atoms with E-state index in [0.717, 1.165) is 16.9 Å². The van der Waals surface area contributed by atoms with Crippen LogP contribution in [-0.2, 0) is 14.3 Å². The van der Waals surface area contributed by atoms with Gasteiger partial charge in [0.15, 0.2) is 6.10 Å². The largest absolute Gasteiger partial charge is 0.463 e. The molecule has 0 unspecified atom stereocenters. The molecule has 2 aromatic carbocycles. The minimum absolute atomic E-state index is 0.256. The molecule has 32 heavy (non-hydrogen) atoms. The van der Waals surface area contributed by atoms with Crippen molar-refractivity contribution in [2.45, 2.75) is 76.7 Å². The van der Waals surface area contributed by atoms with E-state index in [-0.39, 0.29) is 6.61 Å². The SMILES string of the molecule is CCCCCCCCCSc1ccc(-c2ccc(C(=O)O[C@@H](C)C(=O)OCC)cc2)cc1. The van der Waals surface area contributed by atoms with Crippen molar-refractivity contribution in [2.75, 3.05) is 12.4 Å². The van der Waals surface area contributed by atoms with Gasteiger partial charge in [0.25, 0.3) is 0 Å². The molecule has 2 rings (SSSR count). The molecule has 0 spiro atoms. The summed E-state index contributed by atoms with van der Waals surface area (Å²) in [5.41, 5.74) is 2.54. The van der Waals surface area contributed by atoms with Gasteiger partial charge in [-0.05, 0) is 61.4 Å². The number of hydrogen-bond donors (Lipinski definition) is 0. The summed E-state index contributed by atoms with van der Waals surface area (Å²) in [4.78, 5) is 25.1. The molecule has 4 nitrogen and oxygen atoms in total. The lowest BCUT2D eigenvalue weighted by Crippen LogP contribution is -2.26. The monoisotopic (exact) mass is 456 g/mol. The highest BCUT2D eigenvalue weighted by molar-refractivity contribution is 7.99. The molecule has 0 saturated heterocycles. The van der Waals surface area contributed by atoms with Gasteiger partial charge in [-0.25, -0.2) is 9.59 Å². The normalized spacial score (nSPS) is 11.7. The Bertz CT molecular complexity index is 815. The maximum absolute atomic E-state index is 12.2. The molecule has 0 saturated carbocycles. The highest BCUT2D eigenvalue weighted by atomic mass is 32.2. The molecule has 1 atom stereocenters. The van der Waals surface area contributed by atoms with Crippen molar-refractivity contribution in [3.63, 3.8) is 0 Å². The predicted molar refractivity (Wildman–Crippen MR) is 132 cm³/mol. The van der Waals surface area contributed by atoms with Gasteiger partial charge < -0.3 is 9.47 Å². The number of esters is 2. The second-order valence-electron chi connectivity index (χ2n) is 7.87. The van der Waals surface area contributed by atoms with Crippen molar-refractivity contribution in [1.29, 1.82) is 0 Å². The van der Waals surface area contributed by atoms with Gasteiger partial charge in [0, 0.05) is 4.90 Å². The topological polar surface area (TPSA) is 52.6 Å². The van der Waals surface area contributed by atoms with E-state index in [4.69, 9.17) is 9.47 Å².